The maximum atomic E-state index is 5.67. The lowest BCUT2D eigenvalue weighted by atomic mass is 9.90. The number of ether oxygens (including phenoxy) is 1. The van der Waals surface area contributed by atoms with Crippen LogP contribution in [0.4, 0.5) is 5.82 Å². The van der Waals surface area contributed by atoms with Gasteiger partial charge in [-0.25, -0.2) is 15.0 Å². The molecule has 0 bridgehead atoms. The first-order valence-corrected chi connectivity index (χ1v) is 10.4. The summed E-state index contributed by atoms with van der Waals surface area (Å²) < 4.78 is 5.42. The van der Waals surface area contributed by atoms with Gasteiger partial charge in [-0.05, 0) is 54.8 Å². The van der Waals surface area contributed by atoms with Crippen LogP contribution in [0.25, 0.3) is 23.1 Å². The topological polar surface area (TPSA) is 124 Å². The third-order valence-corrected chi connectivity index (χ3v) is 5.40. The highest BCUT2D eigenvalue weighted by atomic mass is 16.5. The Bertz CT molecular complexity index is 1090. The summed E-state index contributed by atoms with van der Waals surface area (Å²) in [5.74, 6) is 2.23. The van der Waals surface area contributed by atoms with Gasteiger partial charge in [0.05, 0.1) is 24.7 Å². The van der Waals surface area contributed by atoms with Crippen LogP contribution in [0, 0.1) is 0 Å². The molecule has 4 rings (SSSR count). The largest absolute Gasteiger partial charge is 0.497 e. The number of anilines is 1. The van der Waals surface area contributed by atoms with Crippen LogP contribution < -0.4 is 21.5 Å². The molecule has 0 saturated heterocycles. The highest BCUT2D eigenvalue weighted by Crippen LogP contribution is 2.29. The molecule has 2 atom stereocenters. The first-order chi connectivity index (χ1) is 15.1. The van der Waals surface area contributed by atoms with Crippen LogP contribution in [0.15, 0.2) is 47.7 Å². The van der Waals surface area contributed by atoms with Crippen molar-refractivity contribution in [1.82, 2.24) is 15.0 Å². The van der Waals surface area contributed by atoms with Gasteiger partial charge in [-0.2, -0.15) is 0 Å². The van der Waals surface area contributed by atoms with E-state index in [4.69, 9.17) is 26.2 Å². The summed E-state index contributed by atoms with van der Waals surface area (Å²) in [6.45, 7) is 0. The number of methoxy groups -OCH3 is 1. The van der Waals surface area contributed by atoms with Crippen molar-refractivity contribution in [2.45, 2.75) is 37.8 Å². The maximum Gasteiger partial charge on any atom is 0.186 e. The van der Waals surface area contributed by atoms with E-state index in [1.54, 1.807) is 19.5 Å². The third kappa shape index (κ3) is 5.09. The SMILES string of the molecule is COc1ccc2nc(C=Cc3cccnc3)nc(N[C@@H]3CCCC[C@@H]3N=C(N)N)c2c1. The number of nitrogens with one attached hydrogen (secondary N) is 1. The Morgan fingerprint density at radius 1 is 1.16 bits per heavy atom. The van der Waals surface area contributed by atoms with Gasteiger partial charge in [0.1, 0.15) is 11.6 Å². The molecule has 2 heterocycles. The van der Waals surface area contributed by atoms with E-state index in [0.29, 0.717) is 5.82 Å². The molecule has 1 aliphatic carbocycles. The lowest BCUT2D eigenvalue weighted by molar-refractivity contribution is 0.405. The molecule has 1 aliphatic rings. The van der Waals surface area contributed by atoms with Gasteiger partial charge >= 0.3 is 0 Å². The lowest BCUT2D eigenvalue weighted by Gasteiger charge is -2.30. The summed E-state index contributed by atoms with van der Waals surface area (Å²) in [5.41, 5.74) is 13.2. The highest BCUT2D eigenvalue weighted by molar-refractivity contribution is 5.91. The van der Waals surface area contributed by atoms with Crippen LogP contribution in [0.5, 0.6) is 5.75 Å². The Kier molecular flexibility index (Phi) is 6.26. The Labute approximate surface area is 181 Å². The van der Waals surface area contributed by atoms with Gasteiger partial charge in [-0.15, -0.1) is 0 Å². The number of fused-ring (bicyclic) bond motifs is 1. The zero-order valence-corrected chi connectivity index (χ0v) is 17.5. The van der Waals surface area contributed by atoms with E-state index < -0.39 is 0 Å². The molecule has 0 spiro atoms. The molecule has 0 radical (unpaired) electrons. The minimum atomic E-state index is 0.0174. The number of benzene rings is 1. The number of aliphatic imine (C=N–C) groups is 1. The number of hydrogen-bond acceptors (Lipinski definition) is 6. The Morgan fingerprint density at radius 2 is 2.03 bits per heavy atom. The zero-order valence-electron chi connectivity index (χ0n) is 17.5. The summed E-state index contributed by atoms with van der Waals surface area (Å²) >= 11 is 0. The van der Waals surface area contributed by atoms with Gasteiger partial charge in [-0.1, -0.05) is 18.9 Å². The van der Waals surface area contributed by atoms with E-state index in [1.807, 2.05) is 42.5 Å². The molecule has 0 amide bonds. The molecular formula is C23H27N7O. The van der Waals surface area contributed by atoms with Gasteiger partial charge in [0.25, 0.3) is 0 Å². The number of hydrogen-bond donors (Lipinski definition) is 3. The Morgan fingerprint density at radius 3 is 2.81 bits per heavy atom. The van der Waals surface area contributed by atoms with Crippen LogP contribution in [0.1, 0.15) is 37.1 Å². The second-order valence-electron chi connectivity index (χ2n) is 7.59. The minimum Gasteiger partial charge on any atom is -0.497 e. The molecule has 5 N–H and O–H groups in total. The molecule has 1 fully saturated rings. The van der Waals surface area contributed by atoms with Crippen molar-refractivity contribution in [3.63, 3.8) is 0 Å². The van der Waals surface area contributed by atoms with E-state index in [1.165, 1.54) is 0 Å². The highest BCUT2D eigenvalue weighted by Gasteiger charge is 2.26. The first kappa shape index (κ1) is 20.6. The molecule has 0 unspecified atom stereocenters. The fourth-order valence-corrected chi connectivity index (χ4v) is 3.88. The number of nitrogens with zero attached hydrogens (tertiary/aromatic N) is 4. The van der Waals surface area contributed by atoms with Crippen LogP contribution in [-0.2, 0) is 0 Å². The summed E-state index contributed by atoms with van der Waals surface area (Å²) in [6.07, 6.45) is 11.5. The van der Waals surface area contributed by atoms with Crippen molar-refractivity contribution in [2.24, 2.45) is 16.5 Å². The summed E-state index contributed by atoms with van der Waals surface area (Å²) in [4.78, 5) is 18.1. The van der Waals surface area contributed by atoms with Crippen molar-refractivity contribution in [3.05, 3.63) is 54.1 Å². The van der Waals surface area contributed by atoms with E-state index >= 15 is 0 Å². The Balaban J connectivity index is 1.72. The summed E-state index contributed by atoms with van der Waals surface area (Å²) in [5, 5.41) is 4.49. The standard InChI is InChI=1S/C23H27N7O/c1-31-16-9-10-18-17(13-16)22(28-19-6-2-3-7-20(19)29-23(24)25)30-21(27-18)11-8-15-5-4-12-26-14-15/h4-5,8-14,19-20H,2-3,6-7H2,1H3,(H4,24,25,29)(H,27,28,30)/t19-,20+/m1/s1. The molecule has 0 aliphatic heterocycles. The molecule has 3 aromatic rings. The molecular weight excluding hydrogens is 390 g/mol. The smallest absolute Gasteiger partial charge is 0.186 e. The van der Waals surface area contributed by atoms with Crippen LogP contribution >= 0.6 is 0 Å². The van der Waals surface area contributed by atoms with Gasteiger partial charge in [0, 0.05) is 17.8 Å². The summed E-state index contributed by atoms with van der Waals surface area (Å²) in [7, 11) is 1.65. The van der Waals surface area contributed by atoms with Gasteiger partial charge in [-0.3, -0.25) is 4.98 Å². The van der Waals surface area contributed by atoms with E-state index in [-0.39, 0.29) is 18.0 Å². The van der Waals surface area contributed by atoms with Crippen molar-refractivity contribution in [3.8, 4) is 5.75 Å². The first-order valence-electron chi connectivity index (χ1n) is 10.4. The van der Waals surface area contributed by atoms with Crippen molar-refractivity contribution >= 4 is 34.8 Å². The fourth-order valence-electron chi connectivity index (χ4n) is 3.88. The van der Waals surface area contributed by atoms with Crippen molar-refractivity contribution in [2.75, 3.05) is 12.4 Å². The predicted octanol–water partition coefficient (Wildman–Crippen LogP) is 3.20. The van der Waals surface area contributed by atoms with Crippen LogP contribution in [0.2, 0.25) is 0 Å². The molecule has 160 valence electrons. The second kappa shape index (κ2) is 9.42. The molecule has 1 saturated carbocycles. The molecule has 2 aromatic heterocycles. The quantitative estimate of drug-likeness (QED) is 0.415. The number of rotatable bonds is 6. The lowest BCUT2D eigenvalue weighted by Crippen LogP contribution is -2.38. The maximum absolute atomic E-state index is 5.67. The number of pyridine rings is 1. The minimum absolute atomic E-state index is 0.0174. The van der Waals surface area contributed by atoms with Crippen LogP contribution in [-0.4, -0.2) is 40.1 Å². The monoisotopic (exact) mass is 417 g/mol. The number of guanidine groups is 1. The molecule has 8 heteroatoms. The third-order valence-electron chi connectivity index (χ3n) is 5.40. The predicted molar refractivity (Wildman–Crippen MR) is 125 cm³/mol. The summed E-state index contributed by atoms with van der Waals surface area (Å²) in [6, 6.07) is 9.78. The van der Waals surface area contributed by atoms with Crippen LogP contribution in [0.3, 0.4) is 0 Å². The average molecular weight is 418 g/mol. The normalized spacial score (nSPS) is 18.7. The Hall–Kier alpha value is -3.68. The van der Waals surface area contributed by atoms with E-state index in [2.05, 4.69) is 15.3 Å². The number of nitrogens with two attached hydrogens (primary N) is 2. The molecule has 31 heavy (non-hydrogen) atoms. The number of aromatic nitrogens is 3. The molecule has 8 nitrogen and oxygen atoms in total. The van der Waals surface area contributed by atoms with Gasteiger partial charge < -0.3 is 21.5 Å². The van der Waals surface area contributed by atoms with Gasteiger partial charge in [0.15, 0.2) is 11.8 Å². The second-order valence-corrected chi connectivity index (χ2v) is 7.59. The van der Waals surface area contributed by atoms with E-state index in [0.717, 1.165) is 53.7 Å². The fraction of sp³-hybridized carbons (Fsp3) is 0.304. The van der Waals surface area contributed by atoms with E-state index in [9.17, 15) is 0 Å². The van der Waals surface area contributed by atoms with Crippen molar-refractivity contribution in [1.29, 1.82) is 0 Å². The average Bonchev–Trinajstić information content (AvgIpc) is 2.79. The molecule has 1 aromatic carbocycles. The van der Waals surface area contributed by atoms with Gasteiger partial charge in [0.2, 0.25) is 0 Å². The zero-order chi connectivity index (χ0) is 21.6. The van der Waals surface area contributed by atoms with Crippen molar-refractivity contribution < 1.29 is 4.74 Å².